The summed E-state index contributed by atoms with van der Waals surface area (Å²) >= 11 is 10.2. The standard InChI is InChI=1S/C4H6Cl2N2O2/c5-1-3(9)7-8-4(10)2-6/h1-2H2,(H,7,9)(H,8,10). The van der Waals surface area contributed by atoms with Gasteiger partial charge in [0.25, 0.3) is 11.8 Å². The second-order valence-electron chi connectivity index (χ2n) is 1.36. The van der Waals surface area contributed by atoms with Gasteiger partial charge in [-0.05, 0) is 0 Å². The fraction of sp³-hybridized carbons (Fsp3) is 0.500. The molecule has 0 aliphatic carbocycles. The summed E-state index contributed by atoms with van der Waals surface area (Å²) in [5.41, 5.74) is 4.06. The summed E-state index contributed by atoms with van der Waals surface area (Å²) in [6, 6.07) is 0. The van der Waals surface area contributed by atoms with Gasteiger partial charge in [-0.25, -0.2) is 0 Å². The number of alkyl halides is 2. The van der Waals surface area contributed by atoms with Crippen LogP contribution in [0.3, 0.4) is 0 Å². The number of hydrogen-bond acceptors (Lipinski definition) is 2. The lowest BCUT2D eigenvalue weighted by atomic mass is 10.7. The predicted molar refractivity (Wildman–Crippen MR) is 37.7 cm³/mol. The minimum atomic E-state index is -0.472. The summed E-state index contributed by atoms with van der Waals surface area (Å²) < 4.78 is 0. The van der Waals surface area contributed by atoms with Crippen molar-refractivity contribution in [3.05, 3.63) is 0 Å². The zero-order valence-electron chi connectivity index (χ0n) is 4.99. The fourth-order valence-electron chi connectivity index (χ4n) is 0.206. The van der Waals surface area contributed by atoms with Crippen molar-refractivity contribution in [3.8, 4) is 0 Å². The molecule has 4 nitrogen and oxygen atoms in total. The Hall–Kier alpha value is -0.480. The molecule has 10 heavy (non-hydrogen) atoms. The summed E-state index contributed by atoms with van der Waals surface area (Å²) in [7, 11) is 0. The van der Waals surface area contributed by atoms with Crippen molar-refractivity contribution in [2.24, 2.45) is 0 Å². The predicted octanol–water partition coefficient (Wildman–Crippen LogP) is -0.389. The van der Waals surface area contributed by atoms with Crippen LogP contribution in [0.25, 0.3) is 0 Å². The molecule has 0 atom stereocenters. The number of carbonyl (C=O) groups is 2. The van der Waals surface area contributed by atoms with Crippen LogP contribution in [0.15, 0.2) is 0 Å². The maximum Gasteiger partial charge on any atom is 0.253 e. The van der Waals surface area contributed by atoms with Crippen molar-refractivity contribution in [1.82, 2.24) is 10.9 Å². The Balaban J connectivity index is 3.35. The van der Waals surface area contributed by atoms with Crippen LogP contribution < -0.4 is 10.9 Å². The molecule has 0 saturated heterocycles. The first-order chi connectivity index (χ1) is 4.70. The monoisotopic (exact) mass is 184 g/mol. The van der Waals surface area contributed by atoms with Gasteiger partial charge in [-0.1, -0.05) is 0 Å². The van der Waals surface area contributed by atoms with Gasteiger partial charge < -0.3 is 0 Å². The SMILES string of the molecule is O=C(CCl)NNC(=O)CCl. The highest BCUT2D eigenvalue weighted by Crippen LogP contribution is 1.73. The Morgan fingerprint density at radius 2 is 1.30 bits per heavy atom. The van der Waals surface area contributed by atoms with Crippen LogP contribution in [0, 0.1) is 0 Å². The highest BCUT2D eigenvalue weighted by atomic mass is 35.5. The van der Waals surface area contributed by atoms with Gasteiger partial charge in [0.15, 0.2) is 0 Å². The van der Waals surface area contributed by atoms with Crippen LogP contribution in [-0.2, 0) is 9.59 Å². The second kappa shape index (κ2) is 5.32. The summed E-state index contributed by atoms with van der Waals surface area (Å²) in [6.45, 7) is 0. The van der Waals surface area contributed by atoms with E-state index in [1.54, 1.807) is 0 Å². The van der Waals surface area contributed by atoms with Gasteiger partial charge in [-0.15, -0.1) is 23.2 Å². The molecule has 0 unspecified atom stereocenters. The van der Waals surface area contributed by atoms with Crippen LogP contribution in [0.5, 0.6) is 0 Å². The van der Waals surface area contributed by atoms with E-state index in [1.165, 1.54) is 0 Å². The number of nitrogens with one attached hydrogen (secondary N) is 2. The van der Waals surface area contributed by atoms with Gasteiger partial charge in [-0.3, -0.25) is 20.4 Å². The van der Waals surface area contributed by atoms with Crippen molar-refractivity contribution < 1.29 is 9.59 Å². The minimum Gasteiger partial charge on any atom is -0.272 e. The number of carbonyl (C=O) groups excluding carboxylic acids is 2. The largest absolute Gasteiger partial charge is 0.272 e. The van der Waals surface area contributed by atoms with Gasteiger partial charge in [-0.2, -0.15) is 0 Å². The van der Waals surface area contributed by atoms with Crippen molar-refractivity contribution in [2.75, 3.05) is 11.8 Å². The number of hydrazine groups is 1. The van der Waals surface area contributed by atoms with Crippen LogP contribution in [-0.4, -0.2) is 23.6 Å². The molecule has 0 fully saturated rings. The van der Waals surface area contributed by atoms with E-state index < -0.39 is 11.8 Å². The van der Waals surface area contributed by atoms with Crippen molar-refractivity contribution in [1.29, 1.82) is 0 Å². The van der Waals surface area contributed by atoms with E-state index in [0.717, 1.165) is 0 Å². The first-order valence-corrected chi connectivity index (χ1v) is 3.47. The average molecular weight is 185 g/mol. The molecule has 0 aromatic carbocycles. The van der Waals surface area contributed by atoms with E-state index in [2.05, 4.69) is 0 Å². The normalized spacial score (nSPS) is 8.60. The van der Waals surface area contributed by atoms with Gasteiger partial charge in [0.1, 0.15) is 11.8 Å². The Kier molecular flexibility index (Phi) is 5.06. The Bertz CT molecular complexity index is 123. The minimum absolute atomic E-state index is 0.192. The van der Waals surface area contributed by atoms with E-state index in [9.17, 15) is 9.59 Å². The first-order valence-electron chi connectivity index (χ1n) is 2.40. The smallest absolute Gasteiger partial charge is 0.253 e. The summed E-state index contributed by atoms with van der Waals surface area (Å²) in [6.07, 6.45) is 0. The number of halogens is 2. The molecule has 0 aliphatic heterocycles. The van der Waals surface area contributed by atoms with Crippen molar-refractivity contribution in [3.63, 3.8) is 0 Å². The maximum atomic E-state index is 10.3. The third-order valence-corrected chi connectivity index (χ3v) is 1.07. The van der Waals surface area contributed by atoms with E-state index >= 15 is 0 Å². The number of rotatable bonds is 2. The lowest BCUT2D eigenvalue weighted by Gasteiger charge is -2.01. The molecule has 0 aliphatic rings. The Labute approximate surface area is 67.8 Å². The zero-order chi connectivity index (χ0) is 7.98. The Morgan fingerprint density at radius 3 is 1.50 bits per heavy atom. The van der Waals surface area contributed by atoms with E-state index in [4.69, 9.17) is 23.2 Å². The lowest BCUT2D eigenvalue weighted by molar-refractivity contribution is -0.126. The topological polar surface area (TPSA) is 58.2 Å². The van der Waals surface area contributed by atoms with Gasteiger partial charge in [0.05, 0.1) is 0 Å². The average Bonchev–Trinajstić information content (AvgIpc) is 1.99. The summed E-state index contributed by atoms with van der Waals surface area (Å²) in [4.78, 5) is 20.7. The summed E-state index contributed by atoms with van der Waals surface area (Å²) in [5, 5.41) is 0. The van der Waals surface area contributed by atoms with Crippen molar-refractivity contribution >= 4 is 35.0 Å². The number of amides is 2. The van der Waals surface area contributed by atoms with Gasteiger partial charge >= 0.3 is 0 Å². The van der Waals surface area contributed by atoms with Gasteiger partial charge in [0.2, 0.25) is 0 Å². The molecule has 0 radical (unpaired) electrons. The molecule has 0 rings (SSSR count). The quantitative estimate of drug-likeness (QED) is 0.454. The highest BCUT2D eigenvalue weighted by Gasteiger charge is 1.99. The van der Waals surface area contributed by atoms with Crippen molar-refractivity contribution in [2.45, 2.75) is 0 Å². The highest BCUT2D eigenvalue weighted by molar-refractivity contribution is 6.28. The molecule has 0 aromatic rings. The van der Waals surface area contributed by atoms with Crippen LogP contribution in [0.2, 0.25) is 0 Å². The molecule has 0 aromatic heterocycles. The molecule has 0 heterocycles. The van der Waals surface area contributed by atoms with E-state index in [0.29, 0.717) is 0 Å². The second-order valence-corrected chi connectivity index (χ2v) is 1.90. The molecular formula is C4H6Cl2N2O2. The first kappa shape index (κ1) is 9.52. The molecule has 6 heteroatoms. The molecule has 0 spiro atoms. The van der Waals surface area contributed by atoms with Gasteiger partial charge in [0, 0.05) is 0 Å². The summed E-state index contributed by atoms with van der Waals surface area (Å²) in [5.74, 6) is -1.33. The third kappa shape index (κ3) is 4.40. The molecule has 58 valence electrons. The van der Waals surface area contributed by atoms with E-state index in [1.807, 2.05) is 10.9 Å². The fourth-order valence-corrected chi connectivity index (χ4v) is 0.340. The lowest BCUT2D eigenvalue weighted by Crippen LogP contribution is -2.42. The Morgan fingerprint density at radius 1 is 1.00 bits per heavy atom. The molecule has 2 N–H and O–H groups in total. The zero-order valence-corrected chi connectivity index (χ0v) is 6.50. The molecule has 0 saturated carbocycles. The third-order valence-electron chi connectivity index (χ3n) is 0.584. The molecule has 0 bridgehead atoms. The van der Waals surface area contributed by atoms with Crippen LogP contribution in [0.4, 0.5) is 0 Å². The number of hydrogen-bond donors (Lipinski definition) is 2. The van der Waals surface area contributed by atoms with E-state index in [-0.39, 0.29) is 11.8 Å². The molecule has 2 amide bonds. The molecular weight excluding hydrogens is 179 g/mol. The maximum absolute atomic E-state index is 10.3. The van der Waals surface area contributed by atoms with Crippen LogP contribution in [0.1, 0.15) is 0 Å². The van der Waals surface area contributed by atoms with Crippen LogP contribution >= 0.6 is 23.2 Å².